The van der Waals surface area contributed by atoms with Crippen LogP contribution in [0.2, 0.25) is 0 Å². The molecule has 0 unspecified atom stereocenters. The molecule has 0 saturated carbocycles. The van der Waals surface area contributed by atoms with Crippen molar-refractivity contribution in [3.05, 3.63) is 48.0 Å². The van der Waals surface area contributed by atoms with Crippen molar-refractivity contribution in [1.29, 1.82) is 5.26 Å². The SMILES string of the molecule is N#CCc1cc(F)c(N)cc1-c1ncc2cccn2n1. The number of halogens is 1. The standard InChI is InChI=1S/C14H10FN5/c15-12-6-9(3-4-16)11(7-13(12)17)14-18-8-10-2-1-5-20(10)19-14/h1-2,5-8H,3,17H2. The Morgan fingerprint density at radius 3 is 3.05 bits per heavy atom. The minimum atomic E-state index is -0.541. The molecular formula is C14H10FN5. The molecule has 2 aromatic heterocycles. The van der Waals surface area contributed by atoms with Crippen molar-refractivity contribution in [2.45, 2.75) is 6.42 Å². The van der Waals surface area contributed by atoms with Crippen LogP contribution < -0.4 is 5.73 Å². The Bertz CT molecular complexity index is 831. The Hall–Kier alpha value is -2.94. The molecule has 6 heteroatoms. The van der Waals surface area contributed by atoms with Crippen molar-refractivity contribution in [1.82, 2.24) is 14.6 Å². The predicted molar refractivity (Wildman–Crippen MR) is 72.1 cm³/mol. The average molecular weight is 267 g/mol. The minimum absolute atomic E-state index is 0.0119. The second kappa shape index (κ2) is 4.63. The topological polar surface area (TPSA) is 80.0 Å². The monoisotopic (exact) mass is 267 g/mol. The minimum Gasteiger partial charge on any atom is -0.396 e. The van der Waals surface area contributed by atoms with Gasteiger partial charge in [-0.15, -0.1) is 5.10 Å². The van der Waals surface area contributed by atoms with E-state index in [1.807, 2.05) is 18.2 Å². The lowest BCUT2D eigenvalue weighted by molar-refractivity contribution is 0.631. The van der Waals surface area contributed by atoms with E-state index in [4.69, 9.17) is 11.0 Å². The third-order valence-corrected chi connectivity index (χ3v) is 3.01. The first kappa shape index (κ1) is 12.1. The number of anilines is 1. The summed E-state index contributed by atoms with van der Waals surface area (Å²) in [5.74, 6) is -0.133. The highest BCUT2D eigenvalue weighted by atomic mass is 19.1. The van der Waals surface area contributed by atoms with E-state index in [9.17, 15) is 4.39 Å². The molecule has 0 aliphatic rings. The molecule has 98 valence electrons. The van der Waals surface area contributed by atoms with Crippen LogP contribution in [-0.2, 0) is 6.42 Å². The normalized spacial score (nSPS) is 10.6. The van der Waals surface area contributed by atoms with Gasteiger partial charge in [0.05, 0.1) is 29.9 Å². The third kappa shape index (κ3) is 1.95. The highest BCUT2D eigenvalue weighted by Crippen LogP contribution is 2.26. The van der Waals surface area contributed by atoms with Gasteiger partial charge >= 0.3 is 0 Å². The molecule has 0 bridgehead atoms. The summed E-state index contributed by atoms with van der Waals surface area (Å²) in [6.07, 6.45) is 3.52. The van der Waals surface area contributed by atoms with Gasteiger partial charge in [-0.05, 0) is 29.8 Å². The summed E-state index contributed by atoms with van der Waals surface area (Å²) >= 11 is 0. The summed E-state index contributed by atoms with van der Waals surface area (Å²) in [6.45, 7) is 0. The van der Waals surface area contributed by atoms with E-state index >= 15 is 0 Å². The van der Waals surface area contributed by atoms with Gasteiger partial charge in [-0.1, -0.05) is 0 Å². The Labute approximate surface area is 114 Å². The number of nitrogens with two attached hydrogens (primary N) is 1. The van der Waals surface area contributed by atoms with Crippen LogP contribution in [-0.4, -0.2) is 14.6 Å². The van der Waals surface area contributed by atoms with Crippen molar-refractivity contribution in [2.75, 3.05) is 5.73 Å². The lowest BCUT2D eigenvalue weighted by Crippen LogP contribution is -2.01. The summed E-state index contributed by atoms with van der Waals surface area (Å²) < 4.78 is 15.2. The molecule has 0 amide bonds. The van der Waals surface area contributed by atoms with Crippen LogP contribution in [0.25, 0.3) is 16.9 Å². The van der Waals surface area contributed by atoms with Crippen LogP contribution in [0, 0.1) is 17.1 Å². The number of nitrogen functional groups attached to an aromatic ring is 1. The number of hydrogen-bond acceptors (Lipinski definition) is 4. The number of hydrogen-bond donors (Lipinski definition) is 1. The molecule has 3 rings (SSSR count). The maximum atomic E-state index is 13.5. The zero-order chi connectivity index (χ0) is 14.1. The van der Waals surface area contributed by atoms with Crippen LogP contribution in [0.1, 0.15) is 5.56 Å². The van der Waals surface area contributed by atoms with Crippen LogP contribution in [0.15, 0.2) is 36.7 Å². The summed E-state index contributed by atoms with van der Waals surface area (Å²) in [5.41, 5.74) is 7.55. The maximum Gasteiger partial charge on any atom is 0.180 e. The van der Waals surface area contributed by atoms with E-state index in [-0.39, 0.29) is 12.1 Å². The largest absolute Gasteiger partial charge is 0.396 e. The van der Waals surface area contributed by atoms with Crippen LogP contribution in [0.3, 0.4) is 0 Å². The highest BCUT2D eigenvalue weighted by Gasteiger charge is 2.12. The van der Waals surface area contributed by atoms with Crippen LogP contribution in [0.4, 0.5) is 10.1 Å². The van der Waals surface area contributed by atoms with Gasteiger partial charge in [0.25, 0.3) is 0 Å². The molecule has 0 radical (unpaired) electrons. The van der Waals surface area contributed by atoms with Gasteiger partial charge in [0, 0.05) is 11.8 Å². The number of fused-ring (bicyclic) bond motifs is 1. The van der Waals surface area contributed by atoms with E-state index in [0.717, 1.165) is 5.52 Å². The molecule has 0 aliphatic carbocycles. The van der Waals surface area contributed by atoms with Gasteiger partial charge in [0.2, 0.25) is 0 Å². The summed E-state index contributed by atoms with van der Waals surface area (Å²) in [4.78, 5) is 4.24. The first-order valence-electron chi connectivity index (χ1n) is 5.94. The van der Waals surface area contributed by atoms with Gasteiger partial charge in [-0.25, -0.2) is 13.9 Å². The Balaban J connectivity index is 2.21. The second-order valence-electron chi connectivity index (χ2n) is 4.33. The van der Waals surface area contributed by atoms with Gasteiger partial charge < -0.3 is 5.73 Å². The van der Waals surface area contributed by atoms with Gasteiger partial charge in [0.1, 0.15) is 5.82 Å². The Kier molecular flexibility index (Phi) is 2.80. The number of nitriles is 1. The summed E-state index contributed by atoms with van der Waals surface area (Å²) in [6, 6.07) is 8.45. The molecule has 2 heterocycles. The zero-order valence-electron chi connectivity index (χ0n) is 10.4. The van der Waals surface area contributed by atoms with Crippen LogP contribution in [0.5, 0.6) is 0 Å². The van der Waals surface area contributed by atoms with E-state index in [1.54, 1.807) is 16.9 Å². The maximum absolute atomic E-state index is 13.5. The fraction of sp³-hybridized carbons (Fsp3) is 0.0714. The van der Waals surface area contributed by atoms with Gasteiger partial charge in [-0.2, -0.15) is 5.26 Å². The van der Waals surface area contributed by atoms with Crippen molar-refractivity contribution in [2.24, 2.45) is 0 Å². The predicted octanol–water partition coefficient (Wildman–Crippen LogP) is 2.18. The lowest BCUT2D eigenvalue weighted by Gasteiger charge is -2.08. The number of nitrogens with zero attached hydrogens (tertiary/aromatic N) is 4. The first-order chi connectivity index (χ1) is 9.69. The van der Waals surface area contributed by atoms with Crippen molar-refractivity contribution in [3.63, 3.8) is 0 Å². The summed E-state index contributed by atoms with van der Waals surface area (Å²) in [7, 11) is 0. The Morgan fingerprint density at radius 2 is 2.25 bits per heavy atom. The number of benzene rings is 1. The smallest absolute Gasteiger partial charge is 0.180 e. The lowest BCUT2D eigenvalue weighted by atomic mass is 10.0. The molecule has 0 aliphatic heterocycles. The fourth-order valence-electron chi connectivity index (χ4n) is 2.03. The molecule has 3 aromatic rings. The molecule has 1 aromatic carbocycles. The van der Waals surface area contributed by atoms with Gasteiger partial charge in [0.15, 0.2) is 5.82 Å². The molecule has 0 spiro atoms. The second-order valence-corrected chi connectivity index (χ2v) is 4.33. The van der Waals surface area contributed by atoms with Gasteiger partial charge in [-0.3, -0.25) is 0 Å². The third-order valence-electron chi connectivity index (χ3n) is 3.01. The van der Waals surface area contributed by atoms with Crippen LogP contribution >= 0.6 is 0 Å². The highest BCUT2D eigenvalue weighted by molar-refractivity contribution is 5.67. The molecule has 0 atom stereocenters. The van der Waals surface area contributed by atoms with E-state index in [2.05, 4.69) is 10.1 Å². The molecule has 5 nitrogen and oxygen atoms in total. The summed E-state index contributed by atoms with van der Waals surface area (Å²) in [5, 5.41) is 13.2. The van der Waals surface area contributed by atoms with E-state index < -0.39 is 5.82 Å². The quantitative estimate of drug-likeness (QED) is 0.722. The van der Waals surface area contributed by atoms with E-state index in [1.165, 1.54) is 12.1 Å². The first-order valence-corrected chi connectivity index (χ1v) is 5.94. The molecule has 20 heavy (non-hydrogen) atoms. The van der Waals surface area contributed by atoms with E-state index in [0.29, 0.717) is 17.0 Å². The molecular weight excluding hydrogens is 257 g/mol. The molecule has 0 fully saturated rings. The van der Waals surface area contributed by atoms with Crippen molar-refractivity contribution < 1.29 is 4.39 Å². The zero-order valence-corrected chi connectivity index (χ0v) is 10.4. The average Bonchev–Trinajstić information content (AvgIpc) is 2.90. The van der Waals surface area contributed by atoms with Crippen molar-refractivity contribution in [3.8, 4) is 17.5 Å². The molecule has 2 N–H and O–H groups in total. The Morgan fingerprint density at radius 1 is 1.40 bits per heavy atom. The van der Waals surface area contributed by atoms with Crippen molar-refractivity contribution >= 4 is 11.2 Å². The molecule has 0 saturated heterocycles. The number of rotatable bonds is 2. The number of aromatic nitrogens is 3. The fourth-order valence-corrected chi connectivity index (χ4v) is 2.03.